The maximum Gasteiger partial charge on any atom is 0.0215 e. The largest absolute Gasteiger partial charge is 0.325 e. The Bertz CT molecular complexity index is 217. The maximum absolute atomic E-state index is 6.47. The van der Waals surface area contributed by atoms with Gasteiger partial charge in [0.15, 0.2) is 0 Å². The van der Waals surface area contributed by atoms with Crippen molar-refractivity contribution in [1.82, 2.24) is 0 Å². The predicted molar refractivity (Wildman–Crippen MR) is 59.0 cm³/mol. The van der Waals surface area contributed by atoms with Gasteiger partial charge in [0.05, 0.1) is 0 Å². The molecule has 0 aliphatic heterocycles. The predicted octanol–water partition coefficient (Wildman–Crippen LogP) is 3.23. The topological polar surface area (TPSA) is 26.0 Å². The lowest BCUT2D eigenvalue weighted by Gasteiger charge is -2.31. The summed E-state index contributed by atoms with van der Waals surface area (Å²) in [5.41, 5.74) is 7.41. The molecule has 0 radical (unpaired) electrons. The fourth-order valence-corrected chi connectivity index (χ4v) is 3.91. The Morgan fingerprint density at radius 1 is 0.786 bits per heavy atom. The first kappa shape index (κ1) is 9.21. The summed E-state index contributed by atoms with van der Waals surface area (Å²) in [5.74, 6) is 0.998. The smallest absolute Gasteiger partial charge is 0.0215 e. The zero-order valence-corrected chi connectivity index (χ0v) is 9.23. The maximum atomic E-state index is 6.47. The molecule has 0 aromatic heterocycles. The van der Waals surface area contributed by atoms with Gasteiger partial charge in [-0.2, -0.15) is 0 Å². The molecule has 80 valence electrons. The van der Waals surface area contributed by atoms with Gasteiger partial charge in [0.2, 0.25) is 0 Å². The molecule has 14 heavy (non-hydrogen) atoms. The Morgan fingerprint density at radius 3 is 1.79 bits per heavy atom. The molecule has 1 heteroatoms. The van der Waals surface area contributed by atoms with Crippen molar-refractivity contribution in [1.29, 1.82) is 0 Å². The van der Waals surface area contributed by atoms with Gasteiger partial charge < -0.3 is 5.73 Å². The molecular weight excluding hydrogens is 170 g/mol. The Hall–Kier alpha value is -0.0400. The molecule has 0 bridgehead atoms. The first-order valence-corrected chi connectivity index (χ1v) is 6.56. The van der Waals surface area contributed by atoms with Gasteiger partial charge in [0.1, 0.15) is 0 Å². The van der Waals surface area contributed by atoms with Crippen LogP contribution in [0, 0.1) is 11.3 Å². The summed E-state index contributed by atoms with van der Waals surface area (Å²) in [6.07, 6.45) is 14.4. The average Bonchev–Trinajstić information content (AvgIpc) is 3.02. The summed E-state index contributed by atoms with van der Waals surface area (Å²) in [5, 5.41) is 0. The highest BCUT2D eigenvalue weighted by Crippen LogP contribution is 2.68. The van der Waals surface area contributed by atoms with Crippen molar-refractivity contribution >= 4 is 0 Å². The second-order valence-electron chi connectivity index (χ2n) is 6.00. The monoisotopic (exact) mass is 193 g/mol. The van der Waals surface area contributed by atoms with Gasteiger partial charge in [-0.05, 0) is 49.9 Å². The highest BCUT2D eigenvalue weighted by atomic mass is 14.9. The van der Waals surface area contributed by atoms with Crippen molar-refractivity contribution in [3.63, 3.8) is 0 Å². The molecule has 1 nitrogen and oxygen atoms in total. The van der Waals surface area contributed by atoms with Gasteiger partial charge in [0, 0.05) is 5.54 Å². The molecule has 0 spiro atoms. The Balaban J connectivity index is 1.73. The lowest BCUT2D eigenvalue weighted by molar-refractivity contribution is 0.214. The Labute approximate surface area is 87.4 Å². The van der Waals surface area contributed by atoms with Gasteiger partial charge in [0.25, 0.3) is 0 Å². The molecule has 3 aliphatic carbocycles. The van der Waals surface area contributed by atoms with E-state index >= 15 is 0 Å². The van der Waals surface area contributed by atoms with E-state index in [0.29, 0.717) is 11.0 Å². The summed E-state index contributed by atoms with van der Waals surface area (Å²) in [4.78, 5) is 0. The number of hydrogen-bond acceptors (Lipinski definition) is 1. The van der Waals surface area contributed by atoms with E-state index in [1.807, 2.05) is 0 Å². The minimum absolute atomic E-state index is 0.308. The molecular formula is C13H23N. The van der Waals surface area contributed by atoms with Crippen LogP contribution >= 0.6 is 0 Å². The van der Waals surface area contributed by atoms with Crippen molar-refractivity contribution in [2.45, 2.75) is 69.7 Å². The third kappa shape index (κ3) is 1.25. The van der Waals surface area contributed by atoms with Crippen LogP contribution in [0.5, 0.6) is 0 Å². The average molecular weight is 193 g/mol. The van der Waals surface area contributed by atoms with Crippen LogP contribution in [0.3, 0.4) is 0 Å². The lowest BCUT2D eigenvalue weighted by Crippen LogP contribution is -2.39. The number of hydrogen-bond donors (Lipinski definition) is 1. The van der Waals surface area contributed by atoms with Gasteiger partial charge in [-0.3, -0.25) is 0 Å². The zero-order valence-electron chi connectivity index (χ0n) is 9.23. The minimum Gasteiger partial charge on any atom is -0.325 e. The van der Waals surface area contributed by atoms with Crippen LogP contribution in [0.4, 0.5) is 0 Å². The van der Waals surface area contributed by atoms with Gasteiger partial charge in [-0.1, -0.05) is 25.7 Å². The summed E-state index contributed by atoms with van der Waals surface area (Å²) in [6.45, 7) is 0. The van der Waals surface area contributed by atoms with Crippen LogP contribution < -0.4 is 5.73 Å². The second kappa shape index (κ2) is 2.98. The third-order valence-electron chi connectivity index (χ3n) is 5.21. The summed E-state index contributed by atoms with van der Waals surface area (Å²) in [7, 11) is 0. The van der Waals surface area contributed by atoms with Crippen LogP contribution in [-0.2, 0) is 0 Å². The Morgan fingerprint density at radius 2 is 1.36 bits per heavy atom. The summed E-state index contributed by atoms with van der Waals surface area (Å²) < 4.78 is 0. The van der Waals surface area contributed by atoms with Crippen molar-refractivity contribution < 1.29 is 0 Å². The first-order chi connectivity index (χ1) is 6.77. The fraction of sp³-hybridized carbons (Fsp3) is 1.00. The molecule has 3 aliphatic rings. The SMILES string of the molecule is NC1(C2(C3CCCCCC3)CC2)CC1. The molecule has 2 N–H and O–H groups in total. The van der Waals surface area contributed by atoms with Gasteiger partial charge in [-0.25, -0.2) is 0 Å². The third-order valence-corrected chi connectivity index (χ3v) is 5.21. The zero-order chi connectivity index (χ0) is 9.65. The van der Waals surface area contributed by atoms with Gasteiger partial charge in [-0.15, -0.1) is 0 Å². The molecule has 0 aromatic carbocycles. The Kier molecular flexibility index (Phi) is 1.96. The molecule has 0 atom stereocenters. The van der Waals surface area contributed by atoms with E-state index < -0.39 is 0 Å². The van der Waals surface area contributed by atoms with E-state index in [0.717, 1.165) is 5.92 Å². The molecule has 0 saturated heterocycles. The molecule has 3 saturated carbocycles. The van der Waals surface area contributed by atoms with Crippen LogP contribution in [0.25, 0.3) is 0 Å². The first-order valence-electron chi connectivity index (χ1n) is 6.56. The normalized spacial score (nSPS) is 34.9. The van der Waals surface area contributed by atoms with Crippen LogP contribution in [0.15, 0.2) is 0 Å². The van der Waals surface area contributed by atoms with Crippen molar-refractivity contribution in [2.75, 3.05) is 0 Å². The van der Waals surface area contributed by atoms with E-state index in [1.54, 1.807) is 0 Å². The highest BCUT2D eigenvalue weighted by Gasteiger charge is 2.65. The van der Waals surface area contributed by atoms with E-state index in [4.69, 9.17) is 5.73 Å². The van der Waals surface area contributed by atoms with Crippen molar-refractivity contribution in [3.05, 3.63) is 0 Å². The quantitative estimate of drug-likeness (QED) is 0.669. The van der Waals surface area contributed by atoms with Crippen molar-refractivity contribution in [3.8, 4) is 0 Å². The lowest BCUT2D eigenvalue weighted by atomic mass is 9.76. The van der Waals surface area contributed by atoms with Crippen LogP contribution in [-0.4, -0.2) is 5.54 Å². The van der Waals surface area contributed by atoms with E-state index in [-0.39, 0.29) is 0 Å². The van der Waals surface area contributed by atoms with Crippen LogP contribution in [0.1, 0.15) is 64.2 Å². The van der Waals surface area contributed by atoms with E-state index in [1.165, 1.54) is 64.2 Å². The summed E-state index contributed by atoms with van der Waals surface area (Å²) >= 11 is 0. The summed E-state index contributed by atoms with van der Waals surface area (Å²) in [6, 6.07) is 0. The van der Waals surface area contributed by atoms with E-state index in [9.17, 15) is 0 Å². The van der Waals surface area contributed by atoms with Crippen molar-refractivity contribution in [2.24, 2.45) is 17.1 Å². The fourth-order valence-electron chi connectivity index (χ4n) is 3.91. The molecule has 0 aromatic rings. The minimum atomic E-state index is 0.308. The molecule has 0 amide bonds. The highest BCUT2D eigenvalue weighted by molar-refractivity contribution is 5.21. The second-order valence-corrected chi connectivity index (χ2v) is 6.00. The standard InChI is InChI=1S/C13H23N/c14-13(9-10-13)12(7-8-12)11-5-3-1-2-4-6-11/h11H,1-10,14H2. The molecule has 3 fully saturated rings. The number of nitrogens with two attached hydrogens (primary N) is 1. The van der Waals surface area contributed by atoms with Gasteiger partial charge >= 0.3 is 0 Å². The number of rotatable bonds is 2. The molecule has 3 rings (SSSR count). The van der Waals surface area contributed by atoms with Crippen LogP contribution in [0.2, 0.25) is 0 Å². The molecule has 0 heterocycles. The molecule has 0 unspecified atom stereocenters. The van der Waals surface area contributed by atoms with E-state index in [2.05, 4.69) is 0 Å².